The van der Waals surface area contributed by atoms with Gasteiger partial charge in [0, 0.05) is 5.56 Å². The van der Waals surface area contributed by atoms with Crippen molar-refractivity contribution in [2.75, 3.05) is 21.3 Å². The molecule has 29 heavy (non-hydrogen) atoms. The second-order valence-electron chi connectivity index (χ2n) is 7.16. The molecule has 1 heterocycles. The van der Waals surface area contributed by atoms with E-state index in [2.05, 4.69) is 0 Å². The smallest absolute Gasteiger partial charge is 0.339 e. The monoisotopic (exact) mass is 396 g/mol. The van der Waals surface area contributed by atoms with Crippen LogP contribution in [-0.4, -0.2) is 21.3 Å². The zero-order valence-corrected chi connectivity index (χ0v) is 17.1. The summed E-state index contributed by atoms with van der Waals surface area (Å²) >= 11 is 0. The summed E-state index contributed by atoms with van der Waals surface area (Å²) in [5.74, 6) is 2.41. The number of hydrogen-bond donors (Lipinski definition) is 0. The van der Waals surface area contributed by atoms with Gasteiger partial charge < -0.3 is 23.4 Å². The average Bonchev–Trinajstić information content (AvgIpc) is 3.21. The van der Waals surface area contributed by atoms with Crippen molar-refractivity contribution in [2.24, 2.45) is 0 Å². The Hall–Kier alpha value is -3.15. The molecular weight excluding hydrogens is 372 g/mol. The van der Waals surface area contributed by atoms with Gasteiger partial charge in [0.1, 0.15) is 17.9 Å². The SMILES string of the molecule is COc1cc(COc2cc(C)cc3oc(=O)c4c(c23)CCC4)cc(OC)c1OC. The summed E-state index contributed by atoms with van der Waals surface area (Å²) in [7, 11) is 4.74. The minimum Gasteiger partial charge on any atom is -0.493 e. The predicted molar refractivity (Wildman–Crippen MR) is 110 cm³/mol. The van der Waals surface area contributed by atoms with Gasteiger partial charge in [-0.15, -0.1) is 0 Å². The van der Waals surface area contributed by atoms with E-state index in [4.69, 9.17) is 23.4 Å². The van der Waals surface area contributed by atoms with Gasteiger partial charge in [-0.2, -0.15) is 0 Å². The fourth-order valence-corrected chi connectivity index (χ4v) is 4.00. The van der Waals surface area contributed by atoms with E-state index in [1.807, 2.05) is 31.2 Å². The topological polar surface area (TPSA) is 67.1 Å². The lowest BCUT2D eigenvalue weighted by Crippen LogP contribution is -2.08. The molecule has 6 nitrogen and oxygen atoms in total. The van der Waals surface area contributed by atoms with E-state index in [0.717, 1.165) is 52.7 Å². The van der Waals surface area contributed by atoms with Crippen LogP contribution in [-0.2, 0) is 19.4 Å². The maximum absolute atomic E-state index is 12.3. The molecule has 0 atom stereocenters. The van der Waals surface area contributed by atoms with Crippen LogP contribution in [0.1, 0.15) is 28.7 Å². The molecule has 0 bridgehead atoms. The molecule has 3 aromatic rings. The molecule has 1 aromatic heterocycles. The average molecular weight is 396 g/mol. The molecule has 0 saturated carbocycles. The molecule has 0 N–H and O–H groups in total. The molecule has 6 heteroatoms. The van der Waals surface area contributed by atoms with Crippen LogP contribution >= 0.6 is 0 Å². The highest BCUT2D eigenvalue weighted by atomic mass is 16.5. The molecule has 152 valence electrons. The van der Waals surface area contributed by atoms with E-state index in [0.29, 0.717) is 29.4 Å². The minimum absolute atomic E-state index is 0.230. The first kappa shape index (κ1) is 19.2. The van der Waals surface area contributed by atoms with Crippen LogP contribution in [0.4, 0.5) is 0 Å². The molecule has 0 amide bonds. The Morgan fingerprint density at radius 2 is 1.59 bits per heavy atom. The molecule has 4 rings (SSSR count). The number of rotatable bonds is 6. The lowest BCUT2D eigenvalue weighted by atomic mass is 10.0. The fourth-order valence-electron chi connectivity index (χ4n) is 4.00. The van der Waals surface area contributed by atoms with Crippen LogP contribution in [0.25, 0.3) is 11.0 Å². The van der Waals surface area contributed by atoms with Gasteiger partial charge in [-0.3, -0.25) is 0 Å². The number of aryl methyl sites for hydroxylation is 2. The standard InChI is InChI=1S/C23H24O6/c1-13-8-17(21-15-6-5-7-16(15)23(24)29-18(21)9-13)28-12-14-10-19(25-2)22(27-4)20(11-14)26-3/h8-11H,5-7,12H2,1-4H3. The van der Waals surface area contributed by atoms with E-state index in [1.165, 1.54) is 0 Å². The molecule has 0 spiro atoms. The number of ether oxygens (including phenoxy) is 4. The predicted octanol–water partition coefficient (Wildman–Crippen LogP) is 4.19. The van der Waals surface area contributed by atoms with Gasteiger partial charge in [0.05, 0.1) is 26.7 Å². The van der Waals surface area contributed by atoms with E-state index in [1.54, 1.807) is 21.3 Å². The van der Waals surface area contributed by atoms with Crippen LogP contribution in [0, 0.1) is 6.92 Å². The first-order valence-corrected chi connectivity index (χ1v) is 9.56. The Bertz CT molecular complexity index is 1100. The molecule has 0 aliphatic heterocycles. The third kappa shape index (κ3) is 3.39. The molecule has 1 aliphatic rings. The van der Waals surface area contributed by atoms with Crippen LogP contribution < -0.4 is 24.6 Å². The number of benzene rings is 2. The summed E-state index contributed by atoms with van der Waals surface area (Å²) in [5.41, 5.74) is 4.03. The van der Waals surface area contributed by atoms with Gasteiger partial charge in [0.15, 0.2) is 11.5 Å². The Morgan fingerprint density at radius 3 is 2.24 bits per heavy atom. The van der Waals surface area contributed by atoms with Crippen LogP contribution in [0.2, 0.25) is 0 Å². The number of methoxy groups -OCH3 is 3. The second-order valence-corrected chi connectivity index (χ2v) is 7.16. The fraction of sp³-hybridized carbons (Fsp3) is 0.348. The molecule has 0 fully saturated rings. The molecule has 0 radical (unpaired) electrons. The molecule has 0 saturated heterocycles. The quantitative estimate of drug-likeness (QED) is 0.582. The van der Waals surface area contributed by atoms with Gasteiger partial charge >= 0.3 is 5.63 Å². The highest BCUT2D eigenvalue weighted by Gasteiger charge is 2.22. The van der Waals surface area contributed by atoms with Gasteiger partial charge in [-0.25, -0.2) is 4.79 Å². The zero-order chi connectivity index (χ0) is 20.5. The highest BCUT2D eigenvalue weighted by molar-refractivity contribution is 5.88. The Kier molecular flexibility index (Phi) is 5.09. The van der Waals surface area contributed by atoms with E-state index < -0.39 is 0 Å². The zero-order valence-electron chi connectivity index (χ0n) is 17.1. The van der Waals surface area contributed by atoms with Crippen molar-refractivity contribution in [2.45, 2.75) is 32.8 Å². The minimum atomic E-state index is -0.230. The molecule has 2 aromatic carbocycles. The van der Waals surface area contributed by atoms with Gasteiger partial charge in [0.2, 0.25) is 5.75 Å². The third-order valence-electron chi connectivity index (χ3n) is 5.30. The number of fused-ring (bicyclic) bond motifs is 3. The Morgan fingerprint density at radius 1 is 0.897 bits per heavy atom. The summed E-state index contributed by atoms with van der Waals surface area (Å²) in [6.45, 7) is 2.27. The van der Waals surface area contributed by atoms with Crippen molar-refractivity contribution in [1.29, 1.82) is 0 Å². The summed E-state index contributed by atoms with van der Waals surface area (Å²) in [5, 5.41) is 0.898. The first-order valence-electron chi connectivity index (χ1n) is 9.56. The summed E-state index contributed by atoms with van der Waals surface area (Å²) in [6, 6.07) is 7.61. The number of hydrogen-bond acceptors (Lipinski definition) is 6. The molecule has 1 aliphatic carbocycles. The first-order chi connectivity index (χ1) is 14.0. The van der Waals surface area contributed by atoms with Crippen molar-refractivity contribution in [3.8, 4) is 23.0 Å². The largest absolute Gasteiger partial charge is 0.493 e. The summed E-state index contributed by atoms with van der Waals surface area (Å²) in [4.78, 5) is 12.3. The van der Waals surface area contributed by atoms with Crippen molar-refractivity contribution in [1.82, 2.24) is 0 Å². The van der Waals surface area contributed by atoms with Gasteiger partial charge in [-0.05, 0) is 67.1 Å². The maximum atomic E-state index is 12.3. The second kappa shape index (κ2) is 7.70. The van der Waals surface area contributed by atoms with E-state index in [-0.39, 0.29) is 5.63 Å². The van der Waals surface area contributed by atoms with E-state index in [9.17, 15) is 4.79 Å². The molecule has 0 unspecified atom stereocenters. The third-order valence-corrected chi connectivity index (χ3v) is 5.30. The van der Waals surface area contributed by atoms with Crippen LogP contribution in [0.5, 0.6) is 23.0 Å². The van der Waals surface area contributed by atoms with Crippen LogP contribution in [0.3, 0.4) is 0 Å². The Balaban J connectivity index is 1.74. The summed E-state index contributed by atoms with van der Waals surface area (Å²) in [6.07, 6.45) is 2.58. The lowest BCUT2D eigenvalue weighted by molar-refractivity contribution is 0.300. The summed E-state index contributed by atoms with van der Waals surface area (Å²) < 4.78 is 28.0. The van der Waals surface area contributed by atoms with Crippen LogP contribution in [0.15, 0.2) is 33.5 Å². The van der Waals surface area contributed by atoms with Crippen molar-refractivity contribution >= 4 is 11.0 Å². The van der Waals surface area contributed by atoms with Gasteiger partial charge in [0.25, 0.3) is 0 Å². The Labute approximate surface area is 169 Å². The van der Waals surface area contributed by atoms with E-state index >= 15 is 0 Å². The van der Waals surface area contributed by atoms with Gasteiger partial charge in [-0.1, -0.05) is 0 Å². The normalized spacial score (nSPS) is 12.7. The van der Waals surface area contributed by atoms with Crippen molar-refractivity contribution in [3.63, 3.8) is 0 Å². The lowest BCUT2D eigenvalue weighted by Gasteiger charge is -2.16. The highest BCUT2D eigenvalue weighted by Crippen LogP contribution is 2.39. The molecular formula is C23H24O6. The van der Waals surface area contributed by atoms with Crippen molar-refractivity contribution < 1.29 is 23.4 Å². The van der Waals surface area contributed by atoms with Crippen molar-refractivity contribution in [3.05, 3.63) is 56.9 Å². The maximum Gasteiger partial charge on any atom is 0.339 e.